The molecule has 0 aliphatic carbocycles. The van der Waals surface area contributed by atoms with Gasteiger partial charge in [0.25, 0.3) is 0 Å². The number of hydrogen-bond acceptors (Lipinski definition) is 4. The van der Waals surface area contributed by atoms with Crippen molar-refractivity contribution in [3.05, 3.63) is 54.0 Å². The Bertz CT molecular complexity index is 849. The van der Waals surface area contributed by atoms with Crippen LogP contribution in [0.25, 0.3) is 11.5 Å². The number of benzene rings is 1. The van der Waals surface area contributed by atoms with Gasteiger partial charge < -0.3 is 9.47 Å². The maximum atomic E-state index is 4.33. The van der Waals surface area contributed by atoms with Gasteiger partial charge >= 0.3 is 0 Å². The van der Waals surface area contributed by atoms with Gasteiger partial charge in [-0.1, -0.05) is 29.5 Å². The summed E-state index contributed by atoms with van der Waals surface area (Å²) in [5.74, 6) is 1.51. The monoisotopic (exact) mass is 336 g/mol. The van der Waals surface area contributed by atoms with Crippen LogP contribution in [0.5, 0.6) is 0 Å². The Balaban J connectivity index is 1.35. The molecule has 6 nitrogen and oxygen atoms in total. The lowest BCUT2D eigenvalue weighted by Crippen LogP contribution is -2.25. The van der Waals surface area contributed by atoms with Gasteiger partial charge in [0.05, 0.1) is 12.7 Å². The van der Waals surface area contributed by atoms with Crippen molar-refractivity contribution in [1.82, 2.24) is 29.4 Å². The normalized spacial score (nSPS) is 18.1. The Kier molecular flexibility index (Phi) is 4.36. The average Bonchev–Trinajstić information content (AvgIpc) is 3.33. The number of aryl methyl sites for hydroxylation is 2. The topological polar surface area (TPSA) is 51.8 Å². The molecular weight excluding hydrogens is 312 g/mol. The van der Waals surface area contributed by atoms with E-state index in [0.29, 0.717) is 5.92 Å². The van der Waals surface area contributed by atoms with E-state index in [0.717, 1.165) is 37.7 Å². The summed E-state index contributed by atoms with van der Waals surface area (Å²) in [6.45, 7) is 6.36. The van der Waals surface area contributed by atoms with E-state index in [4.69, 9.17) is 0 Å². The largest absolute Gasteiger partial charge is 0.333 e. The highest BCUT2D eigenvalue weighted by Gasteiger charge is 2.24. The van der Waals surface area contributed by atoms with Gasteiger partial charge in [0.15, 0.2) is 5.82 Å². The fourth-order valence-electron chi connectivity index (χ4n) is 3.70. The van der Waals surface area contributed by atoms with Crippen LogP contribution in [0.2, 0.25) is 0 Å². The number of likely N-dealkylation sites (tertiary alicyclic amines) is 1. The number of rotatable bonds is 5. The fraction of sp³-hybridized carbons (Fsp3) is 0.421. The van der Waals surface area contributed by atoms with Crippen LogP contribution >= 0.6 is 0 Å². The average molecular weight is 336 g/mol. The molecule has 0 amide bonds. The number of nitrogens with zero attached hydrogens (tertiary/aromatic N) is 6. The van der Waals surface area contributed by atoms with Gasteiger partial charge in [0, 0.05) is 32.5 Å². The minimum atomic E-state index is 0.653. The molecule has 1 aromatic carbocycles. The van der Waals surface area contributed by atoms with E-state index < -0.39 is 0 Å². The van der Waals surface area contributed by atoms with Crippen molar-refractivity contribution >= 4 is 0 Å². The summed E-state index contributed by atoms with van der Waals surface area (Å²) in [6, 6.07) is 8.77. The maximum Gasteiger partial charge on any atom is 0.161 e. The third kappa shape index (κ3) is 3.35. The van der Waals surface area contributed by atoms with Crippen molar-refractivity contribution in [2.45, 2.75) is 25.8 Å². The van der Waals surface area contributed by atoms with Gasteiger partial charge in [-0.25, -0.2) is 4.98 Å². The van der Waals surface area contributed by atoms with E-state index in [9.17, 15) is 0 Å². The van der Waals surface area contributed by atoms with Crippen LogP contribution in [-0.2, 0) is 13.6 Å². The first-order valence-corrected chi connectivity index (χ1v) is 8.86. The van der Waals surface area contributed by atoms with E-state index in [-0.39, 0.29) is 0 Å². The maximum absolute atomic E-state index is 4.33. The number of aromatic nitrogens is 5. The van der Waals surface area contributed by atoms with Crippen LogP contribution < -0.4 is 0 Å². The zero-order chi connectivity index (χ0) is 17.2. The highest BCUT2D eigenvalue weighted by molar-refractivity contribution is 5.46. The van der Waals surface area contributed by atoms with Crippen LogP contribution in [0.1, 0.15) is 23.5 Å². The quantitative estimate of drug-likeness (QED) is 0.718. The van der Waals surface area contributed by atoms with Gasteiger partial charge in [-0.05, 0) is 36.9 Å². The molecule has 0 radical (unpaired) electrons. The van der Waals surface area contributed by atoms with Gasteiger partial charge in [0.1, 0.15) is 5.69 Å². The molecular formula is C19H24N6. The lowest BCUT2D eigenvalue weighted by molar-refractivity contribution is 0.310. The molecule has 1 aliphatic heterocycles. The zero-order valence-corrected chi connectivity index (χ0v) is 14.8. The summed E-state index contributed by atoms with van der Waals surface area (Å²) >= 11 is 0. The number of imidazole rings is 1. The van der Waals surface area contributed by atoms with Gasteiger partial charge in [0.2, 0.25) is 0 Å². The van der Waals surface area contributed by atoms with Crippen molar-refractivity contribution in [1.29, 1.82) is 0 Å². The molecule has 0 N–H and O–H groups in total. The minimum Gasteiger partial charge on any atom is -0.333 e. The van der Waals surface area contributed by atoms with Crippen molar-refractivity contribution in [3.63, 3.8) is 0 Å². The first-order chi connectivity index (χ1) is 12.2. The molecule has 0 unspecified atom stereocenters. The van der Waals surface area contributed by atoms with E-state index in [1.807, 2.05) is 28.7 Å². The van der Waals surface area contributed by atoms with Gasteiger partial charge in [-0.2, -0.15) is 0 Å². The Labute approximate surface area is 148 Å². The lowest BCUT2D eigenvalue weighted by Gasteiger charge is -2.17. The van der Waals surface area contributed by atoms with Crippen LogP contribution in [-0.4, -0.2) is 49.1 Å². The van der Waals surface area contributed by atoms with Crippen molar-refractivity contribution in [3.8, 4) is 11.5 Å². The molecule has 3 heterocycles. The third-order valence-electron chi connectivity index (χ3n) is 5.13. The molecule has 6 heteroatoms. The summed E-state index contributed by atoms with van der Waals surface area (Å²) in [4.78, 5) is 6.85. The smallest absolute Gasteiger partial charge is 0.161 e. The molecule has 3 aromatic rings. The van der Waals surface area contributed by atoms with Gasteiger partial charge in [-0.3, -0.25) is 4.68 Å². The molecule has 0 saturated carbocycles. The first kappa shape index (κ1) is 16.0. The van der Waals surface area contributed by atoms with Crippen molar-refractivity contribution in [2.24, 2.45) is 7.05 Å². The summed E-state index contributed by atoms with van der Waals surface area (Å²) in [5, 5.41) is 8.50. The molecule has 2 aromatic heterocycles. The second-order valence-electron chi connectivity index (χ2n) is 6.87. The molecule has 25 heavy (non-hydrogen) atoms. The highest BCUT2D eigenvalue weighted by atomic mass is 15.4. The standard InChI is InChI=1S/C19H24N6/c1-15-5-3-4-6-17(15)16-7-9-24(13-16)11-12-25-14-18(21-22-25)19-20-8-10-23(19)2/h3-6,8,10,14,16H,7,9,11-13H2,1-2H3/t16-/m1/s1. The molecule has 1 saturated heterocycles. The second kappa shape index (κ2) is 6.80. The third-order valence-corrected chi connectivity index (χ3v) is 5.13. The molecule has 1 aliphatic rings. The number of hydrogen-bond donors (Lipinski definition) is 0. The molecule has 1 atom stereocenters. The second-order valence-corrected chi connectivity index (χ2v) is 6.87. The molecule has 0 spiro atoms. The molecule has 130 valence electrons. The van der Waals surface area contributed by atoms with E-state index in [2.05, 4.69) is 51.4 Å². The fourth-order valence-corrected chi connectivity index (χ4v) is 3.70. The summed E-state index contributed by atoms with van der Waals surface area (Å²) in [7, 11) is 1.97. The Morgan fingerprint density at radius 1 is 1.20 bits per heavy atom. The van der Waals surface area contributed by atoms with E-state index in [1.165, 1.54) is 17.5 Å². The van der Waals surface area contributed by atoms with Crippen LogP contribution in [0.4, 0.5) is 0 Å². The molecule has 1 fully saturated rings. The van der Waals surface area contributed by atoms with Crippen molar-refractivity contribution < 1.29 is 0 Å². The minimum absolute atomic E-state index is 0.653. The van der Waals surface area contributed by atoms with Crippen LogP contribution in [0.3, 0.4) is 0 Å². The lowest BCUT2D eigenvalue weighted by atomic mass is 9.94. The Hall–Kier alpha value is -2.47. The summed E-state index contributed by atoms with van der Waals surface area (Å²) < 4.78 is 3.88. The molecule has 4 rings (SSSR count). The SMILES string of the molecule is Cc1ccccc1[C@@H]1CCN(CCn2cc(-c3nccn3C)nn2)C1. The zero-order valence-electron chi connectivity index (χ0n) is 14.8. The predicted molar refractivity (Wildman–Crippen MR) is 97.2 cm³/mol. The van der Waals surface area contributed by atoms with Crippen molar-refractivity contribution in [2.75, 3.05) is 19.6 Å². The van der Waals surface area contributed by atoms with E-state index >= 15 is 0 Å². The predicted octanol–water partition coefficient (Wildman–Crippen LogP) is 2.48. The van der Waals surface area contributed by atoms with Gasteiger partial charge in [-0.15, -0.1) is 5.10 Å². The first-order valence-electron chi connectivity index (χ1n) is 8.86. The summed E-state index contributed by atoms with van der Waals surface area (Å²) in [6.07, 6.45) is 6.92. The Morgan fingerprint density at radius 2 is 2.08 bits per heavy atom. The highest BCUT2D eigenvalue weighted by Crippen LogP contribution is 2.29. The summed E-state index contributed by atoms with van der Waals surface area (Å²) in [5.41, 5.74) is 3.74. The Morgan fingerprint density at radius 3 is 2.88 bits per heavy atom. The van der Waals surface area contributed by atoms with Crippen LogP contribution in [0.15, 0.2) is 42.9 Å². The van der Waals surface area contributed by atoms with E-state index in [1.54, 1.807) is 6.20 Å². The molecule has 0 bridgehead atoms. The van der Waals surface area contributed by atoms with Crippen LogP contribution in [0, 0.1) is 6.92 Å².